The van der Waals surface area contributed by atoms with Crippen LogP contribution < -0.4 is 10.1 Å². The van der Waals surface area contributed by atoms with E-state index >= 15 is 0 Å². The summed E-state index contributed by atoms with van der Waals surface area (Å²) in [7, 11) is 0. The van der Waals surface area contributed by atoms with Gasteiger partial charge < -0.3 is 15.2 Å². The van der Waals surface area contributed by atoms with Crippen LogP contribution in [0.15, 0.2) is 18.2 Å². The van der Waals surface area contributed by atoms with Crippen LogP contribution in [0.3, 0.4) is 0 Å². The first-order valence-corrected chi connectivity index (χ1v) is 6.19. The molecule has 0 aliphatic rings. The Balaban J connectivity index is 2.82. The Hall–Kier alpha value is -1.55. The molecule has 0 radical (unpaired) electrons. The highest BCUT2D eigenvalue weighted by atomic mass is 16.5. The molecule has 0 aliphatic carbocycles. The topological polar surface area (TPSA) is 58.6 Å². The molecule has 0 fully saturated rings. The van der Waals surface area contributed by atoms with Gasteiger partial charge in [-0.1, -0.05) is 19.1 Å². The van der Waals surface area contributed by atoms with Crippen molar-refractivity contribution < 1.29 is 14.6 Å². The van der Waals surface area contributed by atoms with Gasteiger partial charge in [-0.2, -0.15) is 0 Å². The molecule has 0 amide bonds. The Bertz CT molecular complexity index is 418. The van der Waals surface area contributed by atoms with E-state index in [0.717, 1.165) is 12.1 Å². The van der Waals surface area contributed by atoms with Gasteiger partial charge in [-0.25, -0.2) is 4.79 Å². The van der Waals surface area contributed by atoms with Crippen LogP contribution in [0.5, 0.6) is 5.75 Å². The Labute approximate surface area is 108 Å². The van der Waals surface area contributed by atoms with Crippen LogP contribution in [-0.4, -0.2) is 23.7 Å². The summed E-state index contributed by atoms with van der Waals surface area (Å²) in [6, 6.07) is 6.10. The van der Waals surface area contributed by atoms with E-state index in [1.165, 1.54) is 12.5 Å². The summed E-state index contributed by atoms with van der Waals surface area (Å²) in [5.41, 5.74) is 2.12. The van der Waals surface area contributed by atoms with Gasteiger partial charge in [-0.15, -0.1) is 0 Å². The highest BCUT2D eigenvalue weighted by Gasteiger charge is 2.14. The van der Waals surface area contributed by atoms with E-state index in [0.29, 0.717) is 5.75 Å². The van der Waals surface area contributed by atoms with Crippen LogP contribution in [0.1, 0.15) is 37.9 Å². The molecule has 4 nitrogen and oxygen atoms in total. The molecule has 0 heterocycles. The quantitative estimate of drug-likeness (QED) is 0.815. The number of benzene rings is 1. The molecule has 4 heteroatoms. The monoisotopic (exact) mass is 251 g/mol. The first kappa shape index (κ1) is 14.5. The van der Waals surface area contributed by atoms with Crippen molar-refractivity contribution >= 4 is 5.97 Å². The lowest BCUT2D eigenvalue weighted by atomic mass is 10.0. The number of aryl methyl sites for hydroxylation is 1. The molecule has 100 valence electrons. The van der Waals surface area contributed by atoms with Crippen molar-refractivity contribution in [1.82, 2.24) is 5.32 Å². The van der Waals surface area contributed by atoms with Gasteiger partial charge in [0.1, 0.15) is 5.75 Å². The molecule has 0 aromatic heterocycles. The van der Waals surface area contributed by atoms with Crippen LogP contribution in [0.2, 0.25) is 0 Å². The molecule has 0 aliphatic heterocycles. The number of aliphatic carboxylic acids is 1. The fourth-order valence-electron chi connectivity index (χ4n) is 1.74. The van der Waals surface area contributed by atoms with Crippen molar-refractivity contribution in [2.24, 2.45) is 0 Å². The van der Waals surface area contributed by atoms with Crippen LogP contribution >= 0.6 is 0 Å². The van der Waals surface area contributed by atoms with Gasteiger partial charge in [-0.3, -0.25) is 0 Å². The van der Waals surface area contributed by atoms with E-state index in [1.807, 2.05) is 25.1 Å². The fourth-order valence-corrected chi connectivity index (χ4v) is 1.74. The SMILES string of the molecule is CCNC(C)c1ccc(OC(C)C(=O)O)c(C)c1. The maximum Gasteiger partial charge on any atom is 0.344 e. The highest BCUT2D eigenvalue weighted by Crippen LogP contribution is 2.23. The van der Waals surface area contributed by atoms with Gasteiger partial charge in [0.2, 0.25) is 0 Å². The van der Waals surface area contributed by atoms with E-state index < -0.39 is 12.1 Å². The van der Waals surface area contributed by atoms with Crippen LogP contribution in [0.4, 0.5) is 0 Å². The Morgan fingerprint density at radius 2 is 2.11 bits per heavy atom. The van der Waals surface area contributed by atoms with Gasteiger partial charge in [0.05, 0.1) is 0 Å². The second kappa shape index (κ2) is 6.40. The van der Waals surface area contributed by atoms with Gasteiger partial charge in [0, 0.05) is 6.04 Å². The van der Waals surface area contributed by atoms with E-state index in [-0.39, 0.29) is 6.04 Å². The molecular formula is C14H21NO3. The molecule has 18 heavy (non-hydrogen) atoms. The third-order valence-electron chi connectivity index (χ3n) is 2.86. The summed E-state index contributed by atoms with van der Waals surface area (Å²) in [6.45, 7) is 8.52. The largest absolute Gasteiger partial charge is 0.479 e. The van der Waals surface area contributed by atoms with Crippen LogP contribution in [0.25, 0.3) is 0 Å². The third-order valence-corrected chi connectivity index (χ3v) is 2.86. The fraction of sp³-hybridized carbons (Fsp3) is 0.500. The standard InChI is InChI=1S/C14H21NO3/c1-5-15-10(3)12-6-7-13(9(2)8-12)18-11(4)14(16)17/h6-8,10-11,15H,5H2,1-4H3,(H,16,17). The van der Waals surface area contributed by atoms with Crippen molar-refractivity contribution in [1.29, 1.82) is 0 Å². The molecular weight excluding hydrogens is 230 g/mol. The lowest BCUT2D eigenvalue weighted by Gasteiger charge is -2.17. The predicted molar refractivity (Wildman–Crippen MR) is 71.0 cm³/mol. The van der Waals surface area contributed by atoms with E-state index in [1.54, 1.807) is 0 Å². The van der Waals surface area contributed by atoms with Gasteiger partial charge >= 0.3 is 5.97 Å². The number of hydrogen-bond acceptors (Lipinski definition) is 3. The van der Waals surface area contributed by atoms with E-state index in [9.17, 15) is 4.79 Å². The molecule has 2 N–H and O–H groups in total. The van der Waals surface area contributed by atoms with Crippen molar-refractivity contribution in [3.8, 4) is 5.75 Å². The number of rotatable bonds is 6. The average Bonchev–Trinajstić information content (AvgIpc) is 2.31. The number of carboxylic acids is 1. The van der Waals surface area contributed by atoms with Crippen LogP contribution in [0, 0.1) is 6.92 Å². The van der Waals surface area contributed by atoms with Gasteiger partial charge in [-0.05, 0) is 44.5 Å². The molecule has 0 saturated carbocycles. The maximum absolute atomic E-state index is 10.7. The van der Waals surface area contributed by atoms with Crippen molar-refractivity contribution in [2.75, 3.05) is 6.54 Å². The maximum atomic E-state index is 10.7. The summed E-state index contributed by atoms with van der Waals surface area (Å²) < 4.78 is 5.38. The Morgan fingerprint density at radius 1 is 1.44 bits per heavy atom. The lowest BCUT2D eigenvalue weighted by Crippen LogP contribution is -2.23. The highest BCUT2D eigenvalue weighted by molar-refractivity contribution is 5.72. The van der Waals surface area contributed by atoms with Crippen molar-refractivity contribution in [3.05, 3.63) is 29.3 Å². The molecule has 0 saturated heterocycles. The predicted octanol–water partition coefficient (Wildman–Crippen LogP) is 2.52. The number of ether oxygens (including phenoxy) is 1. The molecule has 2 atom stereocenters. The van der Waals surface area contributed by atoms with E-state index in [4.69, 9.17) is 9.84 Å². The summed E-state index contributed by atoms with van der Waals surface area (Å²) in [4.78, 5) is 10.7. The molecule has 2 unspecified atom stereocenters. The Morgan fingerprint density at radius 3 is 2.61 bits per heavy atom. The third kappa shape index (κ3) is 3.74. The molecule has 1 aromatic carbocycles. The summed E-state index contributed by atoms with van der Waals surface area (Å²) in [6.07, 6.45) is -0.833. The molecule has 0 bridgehead atoms. The second-order valence-electron chi connectivity index (χ2n) is 4.40. The zero-order chi connectivity index (χ0) is 13.7. The van der Waals surface area contributed by atoms with Crippen LogP contribution in [-0.2, 0) is 4.79 Å². The first-order valence-electron chi connectivity index (χ1n) is 6.19. The van der Waals surface area contributed by atoms with E-state index in [2.05, 4.69) is 19.2 Å². The minimum Gasteiger partial charge on any atom is -0.479 e. The summed E-state index contributed by atoms with van der Waals surface area (Å²) in [5, 5.41) is 12.1. The zero-order valence-electron chi connectivity index (χ0n) is 11.4. The molecule has 1 aromatic rings. The second-order valence-corrected chi connectivity index (χ2v) is 4.40. The molecule has 0 spiro atoms. The number of nitrogens with one attached hydrogen (secondary N) is 1. The average molecular weight is 251 g/mol. The first-order chi connectivity index (χ1) is 8.45. The van der Waals surface area contributed by atoms with Crippen molar-refractivity contribution in [2.45, 2.75) is 39.8 Å². The number of hydrogen-bond donors (Lipinski definition) is 2. The minimum absolute atomic E-state index is 0.277. The number of carbonyl (C=O) groups is 1. The smallest absolute Gasteiger partial charge is 0.344 e. The normalized spacial score (nSPS) is 14.0. The van der Waals surface area contributed by atoms with Gasteiger partial charge in [0.15, 0.2) is 6.10 Å². The lowest BCUT2D eigenvalue weighted by molar-refractivity contribution is -0.144. The summed E-state index contributed by atoms with van der Waals surface area (Å²) >= 11 is 0. The summed E-state index contributed by atoms with van der Waals surface area (Å²) in [5.74, 6) is -0.336. The van der Waals surface area contributed by atoms with Gasteiger partial charge in [0.25, 0.3) is 0 Å². The number of carboxylic acid groups (broad SMARTS) is 1. The minimum atomic E-state index is -0.959. The zero-order valence-corrected chi connectivity index (χ0v) is 11.4. The molecule has 1 rings (SSSR count). The van der Waals surface area contributed by atoms with Crippen molar-refractivity contribution in [3.63, 3.8) is 0 Å². The Kier molecular flexibility index (Phi) is 5.16.